The van der Waals surface area contributed by atoms with Crippen molar-refractivity contribution in [3.63, 3.8) is 0 Å². The molecule has 0 bridgehead atoms. The molecule has 5 heteroatoms. The number of ether oxygens (including phenoxy) is 1. The molecular formula is C21H29N4O+. The maximum absolute atomic E-state index is 5.78. The van der Waals surface area contributed by atoms with Gasteiger partial charge in [0.2, 0.25) is 0 Å². The number of anilines is 1. The Labute approximate surface area is 155 Å². The fraction of sp³-hybridized carbons (Fsp3) is 0.429. The van der Waals surface area contributed by atoms with Crippen molar-refractivity contribution in [2.45, 2.75) is 52.4 Å². The monoisotopic (exact) mass is 353 g/mol. The standard InChI is InChI=1S/C21H29N4O/c1-2-3-4-5-8-14-26-18-24-13-9-10-19(15-24)22-16-25-17-23-20-11-6-7-12-21(20)25/h6-7,9-13,15,17,22H,2-5,8,14,16,18H2,1H3/q+1. The fourth-order valence-electron chi connectivity index (χ4n) is 3.00. The van der Waals surface area contributed by atoms with E-state index < -0.39 is 0 Å². The summed E-state index contributed by atoms with van der Waals surface area (Å²) < 4.78 is 9.96. The van der Waals surface area contributed by atoms with Crippen molar-refractivity contribution in [1.82, 2.24) is 9.55 Å². The van der Waals surface area contributed by atoms with Gasteiger partial charge in [-0.1, -0.05) is 44.7 Å². The van der Waals surface area contributed by atoms with Gasteiger partial charge in [0.25, 0.3) is 6.73 Å². The summed E-state index contributed by atoms with van der Waals surface area (Å²) in [4.78, 5) is 4.42. The van der Waals surface area contributed by atoms with Crippen molar-refractivity contribution in [2.75, 3.05) is 11.9 Å². The van der Waals surface area contributed by atoms with Crippen LogP contribution >= 0.6 is 0 Å². The highest BCUT2D eigenvalue weighted by molar-refractivity contribution is 5.74. The average molecular weight is 353 g/mol. The molecule has 0 saturated carbocycles. The molecule has 0 aliphatic heterocycles. The van der Waals surface area contributed by atoms with Gasteiger partial charge < -0.3 is 14.6 Å². The third kappa shape index (κ3) is 5.30. The first-order valence-corrected chi connectivity index (χ1v) is 9.57. The first kappa shape index (κ1) is 18.4. The number of pyridine rings is 1. The van der Waals surface area contributed by atoms with Crippen molar-refractivity contribution >= 4 is 16.7 Å². The number of hydrogen-bond acceptors (Lipinski definition) is 3. The minimum atomic E-state index is 0.595. The Bertz CT molecular complexity index is 799. The predicted octanol–water partition coefficient (Wildman–Crippen LogP) is 4.34. The zero-order valence-electron chi connectivity index (χ0n) is 15.6. The molecule has 26 heavy (non-hydrogen) atoms. The van der Waals surface area contributed by atoms with Crippen molar-refractivity contribution < 1.29 is 9.30 Å². The lowest BCUT2D eigenvalue weighted by atomic mass is 10.2. The van der Waals surface area contributed by atoms with Gasteiger partial charge in [0.15, 0.2) is 12.4 Å². The summed E-state index contributed by atoms with van der Waals surface area (Å²) in [6.07, 6.45) is 12.3. The summed E-state index contributed by atoms with van der Waals surface area (Å²) in [6.45, 7) is 4.35. The Morgan fingerprint density at radius 2 is 1.96 bits per heavy atom. The molecule has 3 aromatic rings. The zero-order chi connectivity index (χ0) is 18.0. The molecule has 3 rings (SSSR count). The highest BCUT2D eigenvalue weighted by Crippen LogP contribution is 2.12. The molecule has 0 spiro atoms. The molecule has 0 unspecified atom stereocenters. The first-order valence-electron chi connectivity index (χ1n) is 9.57. The van der Waals surface area contributed by atoms with Crippen LogP contribution in [0.1, 0.15) is 39.0 Å². The smallest absolute Gasteiger partial charge is 0.252 e. The van der Waals surface area contributed by atoms with Crippen LogP contribution in [0.15, 0.2) is 55.1 Å². The maximum atomic E-state index is 5.78. The van der Waals surface area contributed by atoms with Gasteiger partial charge in [-0.3, -0.25) is 0 Å². The van der Waals surface area contributed by atoms with E-state index in [1.165, 1.54) is 25.7 Å². The van der Waals surface area contributed by atoms with E-state index in [9.17, 15) is 0 Å². The first-order chi connectivity index (χ1) is 12.9. The van der Waals surface area contributed by atoms with Gasteiger partial charge in [-0.2, -0.15) is 4.57 Å². The molecule has 0 saturated heterocycles. The minimum absolute atomic E-state index is 0.595. The van der Waals surface area contributed by atoms with Crippen molar-refractivity contribution in [1.29, 1.82) is 0 Å². The average Bonchev–Trinajstić information content (AvgIpc) is 3.09. The maximum Gasteiger partial charge on any atom is 0.252 e. The summed E-state index contributed by atoms with van der Waals surface area (Å²) in [5, 5.41) is 3.45. The van der Waals surface area contributed by atoms with Crippen LogP contribution in [0.3, 0.4) is 0 Å². The molecule has 0 amide bonds. The molecule has 5 nitrogen and oxygen atoms in total. The Morgan fingerprint density at radius 3 is 2.88 bits per heavy atom. The SMILES string of the molecule is CCCCCCCOC[n+]1cccc(NCn2cnc3ccccc32)c1. The largest absolute Gasteiger partial charge is 0.363 e. The van der Waals surface area contributed by atoms with Gasteiger partial charge in [0, 0.05) is 6.07 Å². The third-order valence-electron chi connectivity index (χ3n) is 4.47. The van der Waals surface area contributed by atoms with Crippen molar-refractivity contribution in [3.8, 4) is 0 Å². The Balaban J connectivity index is 1.45. The highest BCUT2D eigenvalue weighted by atomic mass is 16.5. The Kier molecular flexibility index (Phi) is 7.02. The number of hydrogen-bond donors (Lipinski definition) is 1. The summed E-state index contributed by atoms with van der Waals surface area (Å²) in [5.41, 5.74) is 3.22. The number of nitrogens with zero attached hydrogens (tertiary/aromatic N) is 3. The third-order valence-corrected chi connectivity index (χ3v) is 4.47. The number of nitrogens with one attached hydrogen (secondary N) is 1. The van der Waals surface area contributed by atoms with Crippen molar-refractivity contribution in [2.24, 2.45) is 0 Å². The van der Waals surface area contributed by atoms with Crippen LogP contribution in [0.2, 0.25) is 0 Å². The second-order valence-corrected chi connectivity index (χ2v) is 6.60. The van der Waals surface area contributed by atoms with E-state index in [0.29, 0.717) is 13.4 Å². The number of rotatable bonds is 11. The lowest BCUT2D eigenvalue weighted by Crippen LogP contribution is -2.34. The molecule has 0 aliphatic rings. The lowest BCUT2D eigenvalue weighted by Gasteiger charge is -2.08. The summed E-state index contributed by atoms with van der Waals surface area (Å²) in [7, 11) is 0. The van der Waals surface area contributed by atoms with Crippen LogP contribution in [-0.4, -0.2) is 16.2 Å². The van der Waals surface area contributed by atoms with Gasteiger partial charge >= 0.3 is 0 Å². The fourth-order valence-corrected chi connectivity index (χ4v) is 3.00. The summed E-state index contributed by atoms with van der Waals surface area (Å²) >= 11 is 0. The van der Waals surface area contributed by atoms with Gasteiger partial charge in [-0.25, -0.2) is 4.98 Å². The predicted molar refractivity (Wildman–Crippen MR) is 105 cm³/mol. The number of benzene rings is 1. The highest BCUT2D eigenvalue weighted by Gasteiger charge is 2.04. The molecule has 1 aromatic carbocycles. The summed E-state index contributed by atoms with van der Waals surface area (Å²) in [5.74, 6) is 0. The van der Waals surface area contributed by atoms with Gasteiger partial charge in [0.1, 0.15) is 5.69 Å². The molecule has 2 heterocycles. The van der Waals surface area contributed by atoms with E-state index in [1.807, 2.05) is 36.8 Å². The van der Waals surface area contributed by atoms with Crippen LogP contribution in [0.5, 0.6) is 0 Å². The quantitative estimate of drug-likeness (QED) is 0.412. The molecule has 0 fully saturated rings. The number of aromatic nitrogens is 3. The van der Waals surface area contributed by atoms with E-state index >= 15 is 0 Å². The topological polar surface area (TPSA) is 43.0 Å². The van der Waals surface area contributed by atoms with Crippen LogP contribution in [0, 0.1) is 0 Å². The Morgan fingerprint density at radius 1 is 1.08 bits per heavy atom. The van der Waals surface area contributed by atoms with E-state index in [4.69, 9.17) is 4.74 Å². The van der Waals surface area contributed by atoms with Crippen LogP contribution in [0.25, 0.3) is 11.0 Å². The zero-order valence-corrected chi connectivity index (χ0v) is 15.6. The molecule has 1 N–H and O–H groups in total. The molecule has 2 aromatic heterocycles. The van der Waals surface area contributed by atoms with Gasteiger partial charge in [-0.15, -0.1) is 0 Å². The lowest BCUT2D eigenvalue weighted by molar-refractivity contribution is -0.732. The normalized spacial score (nSPS) is 11.1. The summed E-state index contributed by atoms with van der Waals surface area (Å²) in [6, 6.07) is 12.3. The molecular weight excluding hydrogens is 324 g/mol. The Hall–Kier alpha value is -2.40. The molecule has 0 atom stereocenters. The van der Waals surface area contributed by atoms with E-state index in [-0.39, 0.29) is 0 Å². The number of fused-ring (bicyclic) bond motifs is 1. The number of unbranched alkanes of at least 4 members (excludes halogenated alkanes) is 4. The number of para-hydroxylation sites is 2. The van der Waals surface area contributed by atoms with Crippen molar-refractivity contribution in [3.05, 3.63) is 55.1 Å². The van der Waals surface area contributed by atoms with E-state index in [2.05, 4.69) is 44.7 Å². The second-order valence-electron chi connectivity index (χ2n) is 6.60. The van der Waals surface area contributed by atoms with Gasteiger partial charge in [0.05, 0.1) is 30.6 Å². The van der Waals surface area contributed by atoms with Crippen LogP contribution < -0.4 is 9.88 Å². The number of imidazole rings is 1. The molecule has 0 aliphatic carbocycles. The van der Waals surface area contributed by atoms with E-state index in [1.54, 1.807) is 0 Å². The van der Waals surface area contributed by atoms with Crippen LogP contribution in [0.4, 0.5) is 5.69 Å². The molecule has 0 radical (unpaired) electrons. The van der Waals surface area contributed by atoms with Gasteiger partial charge in [-0.05, 0) is 24.6 Å². The second kappa shape index (κ2) is 9.92. The van der Waals surface area contributed by atoms with Crippen LogP contribution in [-0.2, 0) is 18.1 Å². The van der Waals surface area contributed by atoms with E-state index in [0.717, 1.165) is 29.7 Å². The molecule has 138 valence electrons. The minimum Gasteiger partial charge on any atom is -0.363 e.